The van der Waals surface area contributed by atoms with Gasteiger partial charge in [0, 0.05) is 17.6 Å². The molecule has 2 bridgehead atoms. The molecule has 2 aliphatic carbocycles. The molecule has 0 heterocycles. The summed E-state index contributed by atoms with van der Waals surface area (Å²) in [6.45, 7) is 4.09. The van der Waals surface area contributed by atoms with Gasteiger partial charge in [-0.3, -0.25) is 9.00 Å². The minimum Gasteiger partial charge on any atom is -0.772 e. The van der Waals surface area contributed by atoms with Gasteiger partial charge in [0.25, 0.3) is 0 Å². The van der Waals surface area contributed by atoms with Gasteiger partial charge in [-0.25, -0.2) is 0 Å². The molecule has 4 heteroatoms. The second kappa shape index (κ2) is 2.89. The SMILES string of the molecule is CC1(C)C2CC[C@]1(CS(=O)[O-])C(=O)C2. The van der Waals surface area contributed by atoms with Crippen LogP contribution in [0.3, 0.4) is 0 Å². The van der Waals surface area contributed by atoms with Gasteiger partial charge >= 0.3 is 0 Å². The van der Waals surface area contributed by atoms with Crippen LogP contribution in [-0.2, 0) is 15.9 Å². The number of rotatable bonds is 2. The first kappa shape index (κ1) is 10.3. The molecule has 0 amide bonds. The van der Waals surface area contributed by atoms with Gasteiger partial charge in [0.2, 0.25) is 0 Å². The zero-order valence-corrected chi connectivity index (χ0v) is 9.36. The van der Waals surface area contributed by atoms with Crippen LogP contribution in [0.15, 0.2) is 0 Å². The normalized spacial score (nSPS) is 41.6. The molecule has 2 fully saturated rings. The lowest BCUT2D eigenvalue weighted by atomic mass is 9.70. The highest BCUT2D eigenvalue weighted by Gasteiger charge is 2.63. The Balaban J connectivity index is 2.39. The summed E-state index contributed by atoms with van der Waals surface area (Å²) < 4.78 is 21.6. The Labute approximate surface area is 86.6 Å². The number of carbonyl (C=O) groups excluding carboxylic acids is 1. The predicted molar refractivity (Wildman–Crippen MR) is 52.3 cm³/mol. The van der Waals surface area contributed by atoms with Crippen molar-refractivity contribution in [2.24, 2.45) is 16.7 Å². The zero-order valence-electron chi connectivity index (χ0n) is 8.54. The van der Waals surface area contributed by atoms with Crippen molar-refractivity contribution in [2.75, 3.05) is 5.75 Å². The number of carbonyl (C=O) groups is 1. The van der Waals surface area contributed by atoms with Crippen LogP contribution in [0.4, 0.5) is 0 Å². The van der Waals surface area contributed by atoms with E-state index < -0.39 is 16.5 Å². The fraction of sp³-hybridized carbons (Fsp3) is 0.900. The van der Waals surface area contributed by atoms with Crippen LogP contribution in [-0.4, -0.2) is 20.3 Å². The van der Waals surface area contributed by atoms with Crippen molar-refractivity contribution in [3.63, 3.8) is 0 Å². The maximum absolute atomic E-state index is 11.8. The summed E-state index contributed by atoms with van der Waals surface area (Å²) in [4.78, 5) is 11.8. The number of fused-ring (bicyclic) bond motifs is 2. The Morgan fingerprint density at radius 1 is 1.57 bits per heavy atom. The molecule has 2 rings (SSSR count). The lowest BCUT2D eigenvalue weighted by Crippen LogP contribution is -2.40. The molecular formula is C10H15O3S-. The summed E-state index contributed by atoms with van der Waals surface area (Å²) in [6, 6.07) is 0. The average molecular weight is 215 g/mol. The summed E-state index contributed by atoms with van der Waals surface area (Å²) >= 11 is -2.11. The number of ketones is 1. The quantitative estimate of drug-likeness (QED) is 0.652. The van der Waals surface area contributed by atoms with Crippen LogP contribution in [0, 0.1) is 16.7 Å². The molecule has 0 aromatic heterocycles. The van der Waals surface area contributed by atoms with Gasteiger partial charge in [0.1, 0.15) is 5.78 Å². The monoisotopic (exact) mass is 215 g/mol. The molecule has 0 radical (unpaired) electrons. The van der Waals surface area contributed by atoms with Crippen LogP contribution in [0.5, 0.6) is 0 Å². The van der Waals surface area contributed by atoms with E-state index in [1.807, 2.05) is 13.8 Å². The van der Waals surface area contributed by atoms with E-state index in [-0.39, 0.29) is 17.0 Å². The smallest absolute Gasteiger partial charge is 0.140 e. The van der Waals surface area contributed by atoms with Crippen molar-refractivity contribution >= 4 is 16.9 Å². The Kier molecular flexibility index (Phi) is 2.13. The van der Waals surface area contributed by atoms with E-state index in [0.717, 1.165) is 12.8 Å². The van der Waals surface area contributed by atoms with E-state index in [4.69, 9.17) is 0 Å². The highest BCUT2D eigenvalue weighted by molar-refractivity contribution is 7.79. The van der Waals surface area contributed by atoms with E-state index in [1.165, 1.54) is 0 Å². The Morgan fingerprint density at radius 2 is 2.21 bits per heavy atom. The molecule has 0 aliphatic heterocycles. The van der Waals surface area contributed by atoms with Crippen LogP contribution >= 0.6 is 0 Å². The third-order valence-corrected chi connectivity index (χ3v) is 5.23. The number of hydrogen-bond acceptors (Lipinski definition) is 3. The molecule has 2 saturated carbocycles. The first-order chi connectivity index (χ1) is 6.40. The summed E-state index contributed by atoms with van der Waals surface area (Å²) in [5.41, 5.74) is -0.686. The van der Waals surface area contributed by atoms with E-state index in [1.54, 1.807) is 0 Å². The van der Waals surface area contributed by atoms with Gasteiger partial charge in [-0.15, -0.1) is 0 Å². The highest BCUT2D eigenvalue weighted by Crippen LogP contribution is 2.63. The van der Waals surface area contributed by atoms with Crippen molar-refractivity contribution in [3.8, 4) is 0 Å². The molecule has 0 aromatic carbocycles. The van der Waals surface area contributed by atoms with Crippen molar-refractivity contribution in [1.29, 1.82) is 0 Å². The maximum atomic E-state index is 11.8. The lowest BCUT2D eigenvalue weighted by Gasteiger charge is -2.37. The first-order valence-corrected chi connectivity index (χ1v) is 6.24. The van der Waals surface area contributed by atoms with Gasteiger partial charge in [-0.2, -0.15) is 0 Å². The summed E-state index contributed by atoms with van der Waals surface area (Å²) in [5, 5.41) is 0. The van der Waals surface area contributed by atoms with Crippen LogP contribution in [0.1, 0.15) is 33.1 Å². The summed E-state index contributed by atoms with van der Waals surface area (Å²) in [6.07, 6.45) is 2.36. The Morgan fingerprint density at radius 3 is 2.57 bits per heavy atom. The van der Waals surface area contributed by atoms with E-state index in [9.17, 15) is 13.6 Å². The highest BCUT2D eigenvalue weighted by atomic mass is 32.2. The minimum atomic E-state index is -2.11. The summed E-state index contributed by atoms with van der Waals surface area (Å²) in [5.74, 6) is 0.594. The molecule has 0 aromatic rings. The average Bonchev–Trinajstić information content (AvgIpc) is 2.36. The molecule has 0 spiro atoms. The lowest BCUT2D eigenvalue weighted by molar-refractivity contribution is -0.128. The van der Waals surface area contributed by atoms with Crippen molar-refractivity contribution in [1.82, 2.24) is 0 Å². The topological polar surface area (TPSA) is 57.2 Å². The van der Waals surface area contributed by atoms with Gasteiger partial charge < -0.3 is 4.55 Å². The fourth-order valence-electron chi connectivity index (χ4n) is 3.31. The van der Waals surface area contributed by atoms with Gasteiger partial charge in [0.05, 0.1) is 0 Å². The van der Waals surface area contributed by atoms with Gasteiger partial charge in [0.15, 0.2) is 0 Å². The summed E-state index contributed by atoms with van der Waals surface area (Å²) in [7, 11) is 0. The van der Waals surface area contributed by atoms with E-state index >= 15 is 0 Å². The number of Topliss-reactive ketones (excluding diaryl/α,β-unsaturated/α-hetero) is 1. The van der Waals surface area contributed by atoms with Crippen molar-refractivity contribution < 1.29 is 13.6 Å². The standard InChI is InChI=1S/C10H16O3S/c1-9(2)7-3-4-10(9,6-14(12)13)8(11)5-7/h7H,3-6H2,1-2H3,(H,12,13)/p-1/t7?,10-/m0/s1. The molecule has 80 valence electrons. The molecule has 3 atom stereocenters. The largest absolute Gasteiger partial charge is 0.772 e. The molecule has 3 nitrogen and oxygen atoms in total. The predicted octanol–water partition coefficient (Wildman–Crippen LogP) is 1.26. The van der Waals surface area contributed by atoms with Gasteiger partial charge in [-0.05, 0) is 24.2 Å². The maximum Gasteiger partial charge on any atom is 0.140 e. The molecule has 0 N–H and O–H groups in total. The molecule has 2 aliphatic rings. The van der Waals surface area contributed by atoms with Crippen LogP contribution in [0.2, 0.25) is 0 Å². The van der Waals surface area contributed by atoms with Gasteiger partial charge in [-0.1, -0.05) is 24.9 Å². The number of hydrogen-bond donors (Lipinski definition) is 0. The molecular weight excluding hydrogens is 200 g/mol. The zero-order chi connectivity index (χ0) is 10.6. The van der Waals surface area contributed by atoms with Crippen molar-refractivity contribution in [2.45, 2.75) is 33.1 Å². The first-order valence-electron chi connectivity index (χ1n) is 4.99. The van der Waals surface area contributed by atoms with Crippen LogP contribution < -0.4 is 0 Å². The second-order valence-corrected chi connectivity index (χ2v) is 6.01. The third-order valence-electron chi connectivity index (χ3n) is 4.50. The Hall–Kier alpha value is -0.220. The fourth-order valence-corrected chi connectivity index (χ4v) is 4.39. The van der Waals surface area contributed by atoms with Crippen molar-refractivity contribution in [3.05, 3.63) is 0 Å². The molecule has 14 heavy (non-hydrogen) atoms. The minimum absolute atomic E-state index is 0.0231. The van der Waals surface area contributed by atoms with E-state index in [0.29, 0.717) is 12.3 Å². The molecule has 0 saturated heterocycles. The van der Waals surface area contributed by atoms with Crippen LogP contribution in [0.25, 0.3) is 0 Å². The third kappa shape index (κ3) is 1.07. The second-order valence-electron chi connectivity index (χ2n) is 5.11. The Bertz CT molecular complexity index is 310. The van der Waals surface area contributed by atoms with E-state index in [2.05, 4.69) is 0 Å². The molecule has 2 unspecified atom stereocenters.